The molecule has 1 unspecified atom stereocenters. The van der Waals surface area contributed by atoms with Crippen molar-refractivity contribution < 1.29 is 9.53 Å². The van der Waals surface area contributed by atoms with E-state index < -0.39 is 0 Å². The van der Waals surface area contributed by atoms with Crippen LogP contribution in [0.5, 0.6) is 5.75 Å². The Balaban J connectivity index is 2.29. The average molecular weight is 302 g/mol. The van der Waals surface area contributed by atoms with Gasteiger partial charge >= 0.3 is 0 Å². The quantitative estimate of drug-likeness (QED) is 0.799. The van der Waals surface area contributed by atoms with E-state index in [1.807, 2.05) is 4.90 Å². The fourth-order valence-corrected chi connectivity index (χ4v) is 2.92. The third kappa shape index (κ3) is 3.15. The zero-order valence-electron chi connectivity index (χ0n) is 10.9. The van der Waals surface area contributed by atoms with Gasteiger partial charge < -0.3 is 9.64 Å². The molecule has 1 aliphatic rings. The maximum Gasteiger partial charge on any atom is 0.257 e. The summed E-state index contributed by atoms with van der Waals surface area (Å²) in [4.78, 5) is 14.5. The summed E-state index contributed by atoms with van der Waals surface area (Å²) in [7, 11) is 1.55. The molecule has 1 heterocycles. The van der Waals surface area contributed by atoms with Crippen LogP contribution in [0.2, 0.25) is 5.02 Å². The lowest BCUT2D eigenvalue weighted by molar-refractivity contribution is 0.0636. The van der Waals surface area contributed by atoms with Crippen LogP contribution in [0.1, 0.15) is 29.6 Å². The summed E-state index contributed by atoms with van der Waals surface area (Å²) in [6.45, 7) is 0.742. The molecule has 0 radical (unpaired) electrons. The van der Waals surface area contributed by atoms with E-state index in [4.69, 9.17) is 27.9 Å². The number of benzene rings is 1. The summed E-state index contributed by atoms with van der Waals surface area (Å²) in [5.41, 5.74) is 0.506. The van der Waals surface area contributed by atoms with E-state index in [0.29, 0.717) is 22.2 Å². The van der Waals surface area contributed by atoms with Gasteiger partial charge in [-0.25, -0.2) is 0 Å². The lowest BCUT2D eigenvalue weighted by Gasteiger charge is -2.35. The van der Waals surface area contributed by atoms with Crippen molar-refractivity contribution in [1.29, 1.82) is 0 Å². The van der Waals surface area contributed by atoms with Crippen LogP contribution in [0.3, 0.4) is 0 Å². The molecule has 1 atom stereocenters. The second-order valence-corrected chi connectivity index (χ2v) is 5.39. The number of hydrogen-bond donors (Lipinski definition) is 0. The van der Waals surface area contributed by atoms with Gasteiger partial charge in [0.1, 0.15) is 5.75 Å². The molecule has 104 valence electrons. The number of rotatable bonds is 3. The van der Waals surface area contributed by atoms with Crippen molar-refractivity contribution in [3.63, 3.8) is 0 Å². The second-order valence-electron chi connectivity index (χ2n) is 4.65. The van der Waals surface area contributed by atoms with E-state index in [1.54, 1.807) is 25.3 Å². The van der Waals surface area contributed by atoms with Crippen molar-refractivity contribution in [2.45, 2.75) is 25.3 Å². The van der Waals surface area contributed by atoms with Crippen molar-refractivity contribution in [3.8, 4) is 5.75 Å². The van der Waals surface area contributed by atoms with Crippen LogP contribution in [0, 0.1) is 0 Å². The highest BCUT2D eigenvalue weighted by molar-refractivity contribution is 6.31. The number of likely N-dealkylation sites (tertiary alicyclic amines) is 1. The molecule has 1 aromatic rings. The zero-order valence-corrected chi connectivity index (χ0v) is 12.4. The monoisotopic (exact) mass is 301 g/mol. The van der Waals surface area contributed by atoms with Gasteiger partial charge in [0.2, 0.25) is 0 Å². The van der Waals surface area contributed by atoms with Gasteiger partial charge in [0.15, 0.2) is 0 Å². The Hall–Kier alpha value is -0.930. The molecule has 0 aromatic heterocycles. The number of carbonyl (C=O) groups is 1. The van der Waals surface area contributed by atoms with E-state index in [2.05, 4.69) is 0 Å². The summed E-state index contributed by atoms with van der Waals surface area (Å²) in [5.74, 6) is 0.965. The van der Waals surface area contributed by atoms with Crippen molar-refractivity contribution >= 4 is 29.1 Å². The van der Waals surface area contributed by atoms with E-state index in [9.17, 15) is 4.79 Å². The predicted molar refractivity (Wildman–Crippen MR) is 77.4 cm³/mol. The van der Waals surface area contributed by atoms with Crippen LogP contribution in [0.4, 0.5) is 0 Å². The number of methoxy groups -OCH3 is 1. The van der Waals surface area contributed by atoms with E-state index in [-0.39, 0.29) is 11.9 Å². The van der Waals surface area contributed by atoms with Crippen LogP contribution in [0.25, 0.3) is 0 Å². The molecule has 0 aliphatic carbocycles. The van der Waals surface area contributed by atoms with Crippen molar-refractivity contribution in [2.75, 3.05) is 19.5 Å². The first-order valence-corrected chi connectivity index (χ1v) is 7.29. The molecular weight excluding hydrogens is 285 g/mol. The number of hydrogen-bond acceptors (Lipinski definition) is 2. The number of piperidine rings is 1. The molecule has 1 amide bonds. The number of carbonyl (C=O) groups excluding carboxylic acids is 1. The highest BCUT2D eigenvalue weighted by Gasteiger charge is 2.28. The van der Waals surface area contributed by atoms with Gasteiger partial charge in [-0.05, 0) is 37.5 Å². The number of amides is 1. The van der Waals surface area contributed by atoms with Crippen LogP contribution in [-0.4, -0.2) is 36.4 Å². The largest absolute Gasteiger partial charge is 0.496 e. The molecule has 1 saturated heterocycles. The Kier molecular flexibility index (Phi) is 4.94. The first-order valence-electron chi connectivity index (χ1n) is 6.38. The number of nitrogens with zero attached hydrogens (tertiary/aromatic N) is 1. The predicted octanol–water partition coefficient (Wildman–Crippen LogP) is 3.58. The van der Waals surface area contributed by atoms with Gasteiger partial charge in [-0.3, -0.25) is 4.79 Å². The van der Waals surface area contributed by atoms with Gasteiger partial charge in [0.25, 0.3) is 5.91 Å². The van der Waals surface area contributed by atoms with Crippen molar-refractivity contribution in [2.24, 2.45) is 0 Å². The third-order valence-electron chi connectivity index (χ3n) is 3.46. The van der Waals surface area contributed by atoms with E-state index >= 15 is 0 Å². The summed E-state index contributed by atoms with van der Waals surface area (Å²) in [6.07, 6.45) is 3.09. The van der Waals surface area contributed by atoms with Gasteiger partial charge in [-0.2, -0.15) is 0 Å². The Morgan fingerprint density at radius 2 is 2.26 bits per heavy atom. The fraction of sp³-hybridized carbons (Fsp3) is 0.500. The third-order valence-corrected chi connectivity index (χ3v) is 4.05. The summed E-state index contributed by atoms with van der Waals surface area (Å²) < 4.78 is 5.24. The van der Waals surface area contributed by atoms with Crippen molar-refractivity contribution in [1.82, 2.24) is 4.90 Å². The smallest absolute Gasteiger partial charge is 0.257 e. The number of ether oxygens (including phenoxy) is 1. The second kappa shape index (κ2) is 6.49. The SMILES string of the molecule is COc1ccc(Cl)cc1C(=O)N1CCCCC1CCl. The first-order chi connectivity index (χ1) is 9.17. The van der Waals surface area contributed by atoms with E-state index in [1.165, 1.54) is 0 Å². The summed E-state index contributed by atoms with van der Waals surface area (Å²) >= 11 is 11.9. The maximum absolute atomic E-state index is 12.6. The molecule has 5 heteroatoms. The average Bonchev–Trinajstić information content (AvgIpc) is 2.46. The Morgan fingerprint density at radius 1 is 1.47 bits per heavy atom. The van der Waals surface area contributed by atoms with Gasteiger partial charge in [-0.1, -0.05) is 11.6 Å². The highest BCUT2D eigenvalue weighted by Crippen LogP contribution is 2.27. The molecule has 1 aromatic carbocycles. The molecule has 0 bridgehead atoms. The Morgan fingerprint density at radius 3 is 2.95 bits per heavy atom. The number of alkyl halides is 1. The summed E-state index contributed by atoms with van der Waals surface area (Å²) in [6, 6.07) is 5.19. The molecule has 1 aliphatic heterocycles. The van der Waals surface area contributed by atoms with Crippen LogP contribution in [0.15, 0.2) is 18.2 Å². The van der Waals surface area contributed by atoms with Gasteiger partial charge in [0, 0.05) is 23.5 Å². The first kappa shape index (κ1) is 14.5. The molecule has 2 rings (SSSR count). The minimum Gasteiger partial charge on any atom is -0.496 e. The highest BCUT2D eigenvalue weighted by atomic mass is 35.5. The molecule has 0 N–H and O–H groups in total. The van der Waals surface area contributed by atoms with Gasteiger partial charge in [-0.15, -0.1) is 11.6 Å². The van der Waals surface area contributed by atoms with Crippen LogP contribution in [-0.2, 0) is 0 Å². The standard InChI is InChI=1S/C14H17Cl2NO2/c1-19-13-6-5-10(16)8-12(13)14(18)17-7-3-2-4-11(17)9-15/h5-6,8,11H,2-4,7,9H2,1H3. The minimum atomic E-state index is -0.0512. The molecule has 0 saturated carbocycles. The van der Waals surface area contributed by atoms with Crippen molar-refractivity contribution in [3.05, 3.63) is 28.8 Å². The fourth-order valence-electron chi connectivity index (χ4n) is 2.43. The Bertz CT molecular complexity index is 465. The molecule has 19 heavy (non-hydrogen) atoms. The topological polar surface area (TPSA) is 29.5 Å². The van der Waals surface area contributed by atoms with Crippen LogP contribution < -0.4 is 4.74 Å². The van der Waals surface area contributed by atoms with Crippen LogP contribution >= 0.6 is 23.2 Å². The van der Waals surface area contributed by atoms with Gasteiger partial charge in [0.05, 0.1) is 12.7 Å². The zero-order chi connectivity index (χ0) is 13.8. The number of halogens is 2. The summed E-state index contributed by atoms with van der Waals surface area (Å²) in [5, 5.41) is 0.531. The normalized spacial score (nSPS) is 19.3. The lowest BCUT2D eigenvalue weighted by Crippen LogP contribution is -2.44. The minimum absolute atomic E-state index is 0.0512. The Labute approximate surface area is 123 Å². The molecular formula is C14H17Cl2NO2. The lowest BCUT2D eigenvalue weighted by atomic mass is 10.0. The molecule has 3 nitrogen and oxygen atoms in total. The molecule has 0 spiro atoms. The maximum atomic E-state index is 12.6. The van der Waals surface area contributed by atoms with E-state index in [0.717, 1.165) is 25.8 Å². The molecule has 1 fully saturated rings.